The molecule has 1 heterocycles. The molecule has 19 heavy (non-hydrogen) atoms. The highest BCUT2D eigenvalue weighted by molar-refractivity contribution is 7.92. The molecule has 0 saturated carbocycles. The van der Waals surface area contributed by atoms with Gasteiger partial charge in [-0.15, -0.1) is 0 Å². The molecule has 0 aliphatic heterocycles. The number of benzene rings is 1. The van der Waals surface area contributed by atoms with Crippen LogP contribution < -0.4 is 4.72 Å². The Morgan fingerprint density at radius 3 is 2.58 bits per heavy atom. The fraction of sp³-hybridized carbons (Fsp3) is 0.308. The minimum atomic E-state index is -3.60. The second-order valence-electron chi connectivity index (χ2n) is 4.16. The van der Waals surface area contributed by atoms with Crippen molar-refractivity contribution in [3.8, 4) is 0 Å². The van der Waals surface area contributed by atoms with Crippen LogP contribution in [0.15, 0.2) is 35.5 Å². The summed E-state index contributed by atoms with van der Waals surface area (Å²) in [5.74, 6) is 0.657. The summed E-state index contributed by atoms with van der Waals surface area (Å²) in [5, 5.41) is 0.0928. The van der Waals surface area contributed by atoms with E-state index in [-0.39, 0.29) is 5.03 Å². The van der Waals surface area contributed by atoms with Crippen LogP contribution in [0.5, 0.6) is 0 Å². The molecule has 0 saturated heterocycles. The molecular weight excluding hydrogens is 262 g/mol. The average Bonchev–Trinajstić information content (AvgIpc) is 2.88. The number of para-hydroxylation sites is 1. The number of nitrogens with zero attached hydrogens (tertiary/aromatic N) is 1. The third-order valence-electron chi connectivity index (χ3n) is 2.87. The molecule has 2 N–H and O–H groups in total. The van der Waals surface area contributed by atoms with E-state index in [9.17, 15) is 8.42 Å². The number of sulfonamides is 1. The Bertz CT molecular complexity index is 662. The zero-order valence-corrected chi connectivity index (χ0v) is 11.8. The van der Waals surface area contributed by atoms with Crippen LogP contribution in [0.2, 0.25) is 0 Å². The zero-order valence-electron chi connectivity index (χ0n) is 11.0. The lowest BCUT2D eigenvalue weighted by Gasteiger charge is -2.10. The van der Waals surface area contributed by atoms with Crippen molar-refractivity contribution in [1.82, 2.24) is 9.97 Å². The van der Waals surface area contributed by atoms with Gasteiger partial charge < -0.3 is 4.98 Å². The molecule has 0 spiro atoms. The highest BCUT2D eigenvalue weighted by Crippen LogP contribution is 2.19. The van der Waals surface area contributed by atoms with E-state index < -0.39 is 10.0 Å². The molecule has 102 valence electrons. The summed E-state index contributed by atoms with van der Waals surface area (Å²) in [6.45, 7) is 3.90. The van der Waals surface area contributed by atoms with Crippen molar-refractivity contribution in [2.45, 2.75) is 31.7 Å². The van der Waals surface area contributed by atoms with Gasteiger partial charge in [-0.3, -0.25) is 4.72 Å². The second-order valence-corrected chi connectivity index (χ2v) is 5.81. The number of hydrogen-bond donors (Lipinski definition) is 2. The van der Waals surface area contributed by atoms with Crippen molar-refractivity contribution in [3.63, 3.8) is 0 Å². The molecule has 2 aromatic rings. The van der Waals surface area contributed by atoms with Crippen LogP contribution >= 0.6 is 0 Å². The first-order valence-electron chi connectivity index (χ1n) is 6.21. The number of aromatic amines is 1. The molecular formula is C13H17N3O2S. The quantitative estimate of drug-likeness (QED) is 0.882. The van der Waals surface area contributed by atoms with Crippen LogP contribution in [-0.4, -0.2) is 18.4 Å². The van der Waals surface area contributed by atoms with Gasteiger partial charge in [0.25, 0.3) is 10.0 Å². The monoisotopic (exact) mass is 279 g/mol. The van der Waals surface area contributed by atoms with Crippen LogP contribution in [0.1, 0.15) is 25.2 Å². The summed E-state index contributed by atoms with van der Waals surface area (Å²) >= 11 is 0. The van der Waals surface area contributed by atoms with Gasteiger partial charge in [0.1, 0.15) is 5.82 Å². The minimum Gasteiger partial charge on any atom is -0.332 e. The fourth-order valence-corrected chi connectivity index (χ4v) is 2.83. The predicted molar refractivity (Wildman–Crippen MR) is 74.6 cm³/mol. The lowest BCUT2D eigenvalue weighted by atomic mass is 10.1. The van der Waals surface area contributed by atoms with E-state index >= 15 is 0 Å². The molecule has 0 bridgehead atoms. The number of aromatic nitrogens is 2. The molecule has 0 unspecified atom stereocenters. The van der Waals surface area contributed by atoms with Crippen molar-refractivity contribution in [1.29, 1.82) is 0 Å². The van der Waals surface area contributed by atoms with E-state index in [1.807, 2.05) is 26.0 Å². The third-order valence-corrected chi connectivity index (χ3v) is 4.15. The van der Waals surface area contributed by atoms with Gasteiger partial charge in [0.15, 0.2) is 5.03 Å². The van der Waals surface area contributed by atoms with Gasteiger partial charge in [-0.1, -0.05) is 32.0 Å². The Hall–Kier alpha value is -1.82. The van der Waals surface area contributed by atoms with E-state index in [0.717, 1.165) is 12.0 Å². The molecule has 0 aliphatic rings. The van der Waals surface area contributed by atoms with Gasteiger partial charge in [-0.25, -0.2) is 4.98 Å². The van der Waals surface area contributed by atoms with Gasteiger partial charge in [-0.05, 0) is 18.1 Å². The molecule has 0 fully saturated rings. The summed E-state index contributed by atoms with van der Waals surface area (Å²) in [7, 11) is -3.60. The highest BCUT2D eigenvalue weighted by atomic mass is 32.2. The van der Waals surface area contributed by atoms with E-state index in [2.05, 4.69) is 14.7 Å². The number of H-pyrrole nitrogens is 1. The number of imidazole rings is 1. The molecule has 0 amide bonds. The number of hydrogen-bond acceptors (Lipinski definition) is 3. The van der Waals surface area contributed by atoms with Crippen LogP contribution in [0.25, 0.3) is 0 Å². The van der Waals surface area contributed by atoms with Crippen molar-refractivity contribution in [3.05, 3.63) is 41.9 Å². The molecule has 6 heteroatoms. The largest absolute Gasteiger partial charge is 0.332 e. The number of anilines is 1. The molecule has 0 atom stereocenters. The topological polar surface area (TPSA) is 74.8 Å². The standard InChI is InChI=1S/C13H17N3O2S/c1-3-10-7-5-6-8-11(10)16-19(17,18)13-9-14-12(4-2)15-13/h5-9,16H,3-4H2,1-2H3,(H,14,15). The second kappa shape index (κ2) is 5.44. The number of nitrogens with one attached hydrogen (secondary N) is 2. The summed E-state index contributed by atoms with van der Waals surface area (Å²) in [4.78, 5) is 6.81. The van der Waals surface area contributed by atoms with E-state index in [0.29, 0.717) is 17.9 Å². The third kappa shape index (κ3) is 2.96. The Morgan fingerprint density at radius 2 is 1.95 bits per heavy atom. The van der Waals surface area contributed by atoms with Crippen LogP contribution in [0.4, 0.5) is 5.69 Å². The van der Waals surface area contributed by atoms with Crippen LogP contribution in [0, 0.1) is 0 Å². The van der Waals surface area contributed by atoms with Crippen molar-refractivity contribution in [2.75, 3.05) is 4.72 Å². The lowest BCUT2D eigenvalue weighted by molar-refractivity contribution is 0.598. The van der Waals surface area contributed by atoms with Gasteiger partial charge in [0.2, 0.25) is 0 Å². The van der Waals surface area contributed by atoms with E-state index in [4.69, 9.17) is 0 Å². The molecule has 0 aliphatic carbocycles. The first-order chi connectivity index (χ1) is 9.06. The van der Waals surface area contributed by atoms with Crippen molar-refractivity contribution < 1.29 is 8.42 Å². The first kappa shape index (κ1) is 13.6. The van der Waals surface area contributed by atoms with Crippen molar-refractivity contribution in [2.24, 2.45) is 0 Å². The summed E-state index contributed by atoms with van der Waals surface area (Å²) in [6, 6.07) is 7.36. The number of rotatable bonds is 5. The molecule has 5 nitrogen and oxygen atoms in total. The Morgan fingerprint density at radius 1 is 1.21 bits per heavy atom. The van der Waals surface area contributed by atoms with Gasteiger partial charge in [-0.2, -0.15) is 8.42 Å². The smallest absolute Gasteiger partial charge is 0.278 e. The van der Waals surface area contributed by atoms with Gasteiger partial charge >= 0.3 is 0 Å². The van der Waals surface area contributed by atoms with Gasteiger partial charge in [0.05, 0.1) is 11.9 Å². The first-order valence-corrected chi connectivity index (χ1v) is 7.69. The average molecular weight is 279 g/mol. The zero-order chi connectivity index (χ0) is 13.9. The van der Waals surface area contributed by atoms with E-state index in [1.54, 1.807) is 12.1 Å². The highest BCUT2D eigenvalue weighted by Gasteiger charge is 2.18. The predicted octanol–water partition coefficient (Wildman–Crippen LogP) is 2.34. The molecule has 1 aromatic carbocycles. The Balaban J connectivity index is 2.31. The summed E-state index contributed by atoms with van der Waals surface area (Å²) in [5.41, 5.74) is 1.57. The SMILES string of the molecule is CCc1ncc(S(=O)(=O)Nc2ccccc2CC)[nH]1. The van der Waals surface area contributed by atoms with Gasteiger partial charge in [0, 0.05) is 6.42 Å². The molecule has 0 radical (unpaired) electrons. The maximum atomic E-state index is 12.2. The van der Waals surface area contributed by atoms with Crippen molar-refractivity contribution >= 4 is 15.7 Å². The minimum absolute atomic E-state index is 0.0928. The fourth-order valence-electron chi connectivity index (χ4n) is 1.79. The summed E-state index contributed by atoms with van der Waals surface area (Å²) in [6.07, 6.45) is 2.78. The maximum absolute atomic E-state index is 12.2. The summed E-state index contributed by atoms with van der Waals surface area (Å²) < 4.78 is 27.0. The van der Waals surface area contributed by atoms with Crippen LogP contribution in [0.3, 0.4) is 0 Å². The lowest BCUT2D eigenvalue weighted by Crippen LogP contribution is -2.14. The molecule has 2 rings (SSSR count). The maximum Gasteiger partial charge on any atom is 0.278 e. The Kier molecular flexibility index (Phi) is 3.90. The van der Waals surface area contributed by atoms with Crippen LogP contribution in [-0.2, 0) is 22.9 Å². The Labute approximate surface area is 113 Å². The van der Waals surface area contributed by atoms with E-state index in [1.165, 1.54) is 6.20 Å². The number of aryl methyl sites for hydroxylation is 2. The molecule has 1 aromatic heterocycles. The normalized spacial score (nSPS) is 11.5.